The van der Waals surface area contributed by atoms with Crippen LogP contribution < -0.4 is 14.2 Å². The molecule has 0 N–H and O–H groups in total. The van der Waals surface area contributed by atoms with Gasteiger partial charge in [-0.1, -0.05) is 18.2 Å². The molecule has 2 aromatic carbocycles. The van der Waals surface area contributed by atoms with Gasteiger partial charge < -0.3 is 14.2 Å². The first-order chi connectivity index (χ1) is 10.6. The zero-order valence-electron chi connectivity index (χ0n) is 12.6. The van der Waals surface area contributed by atoms with E-state index in [2.05, 4.69) is 0 Å². The second kappa shape index (κ2) is 6.80. The van der Waals surface area contributed by atoms with E-state index in [1.165, 1.54) is 20.3 Å². The smallest absolute Gasteiger partial charge is 0.280 e. The number of nitro groups is 1. The Kier molecular flexibility index (Phi) is 4.83. The Morgan fingerprint density at radius 3 is 2.18 bits per heavy atom. The van der Waals surface area contributed by atoms with Gasteiger partial charge in [0.1, 0.15) is 11.9 Å². The van der Waals surface area contributed by atoms with Crippen molar-refractivity contribution in [1.82, 2.24) is 0 Å². The van der Waals surface area contributed by atoms with Crippen LogP contribution in [0.1, 0.15) is 18.6 Å². The minimum atomic E-state index is -0.511. The van der Waals surface area contributed by atoms with Gasteiger partial charge in [0, 0.05) is 0 Å². The van der Waals surface area contributed by atoms with Crippen LogP contribution in [-0.2, 0) is 0 Å². The number of nitrogens with zero attached hydrogens (tertiary/aromatic N) is 1. The lowest BCUT2D eigenvalue weighted by molar-refractivity contribution is -0.386. The number of ether oxygens (including phenoxy) is 3. The van der Waals surface area contributed by atoms with Crippen molar-refractivity contribution in [2.45, 2.75) is 13.0 Å². The van der Waals surface area contributed by atoms with Crippen LogP contribution in [0, 0.1) is 10.1 Å². The summed E-state index contributed by atoms with van der Waals surface area (Å²) < 4.78 is 16.1. The van der Waals surface area contributed by atoms with Crippen LogP contribution in [0.15, 0.2) is 42.5 Å². The zero-order chi connectivity index (χ0) is 16.1. The molecule has 0 aliphatic heterocycles. The van der Waals surface area contributed by atoms with E-state index < -0.39 is 11.0 Å². The molecule has 6 nitrogen and oxygen atoms in total. The molecular weight excluding hydrogens is 286 g/mol. The summed E-state index contributed by atoms with van der Waals surface area (Å²) in [6, 6.07) is 12.1. The van der Waals surface area contributed by atoms with Crippen molar-refractivity contribution in [3.63, 3.8) is 0 Å². The fourth-order valence-electron chi connectivity index (χ4n) is 2.13. The molecule has 6 heteroatoms. The average molecular weight is 303 g/mol. The number of benzene rings is 2. The van der Waals surface area contributed by atoms with Crippen LogP contribution in [0.4, 0.5) is 5.69 Å². The molecule has 0 aliphatic carbocycles. The highest BCUT2D eigenvalue weighted by Gasteiger charge is 2.24. The number of para-hydroxylation sites is 1. The Hall–Kier alpha value is -2.76. The van der Waals surface area contributed by atoms with Gasteiger partial charge >= 0.3 is 0 Å². The Labute approximate surface area is 128 Å². The van der Waals surface area contributed by atoms with Crippen LogP contribution in [0.2, 0.25) is 0 Å². The second-order valence-corrected chi connectivity index (χ2v) is 4.60. The molecule has 0 heterocycles. The molecule has 22 heavy (non-hydrogen) atoms. The highest BCUT2D eigenvalue weighted by atomic mass is 16.6. The Bertz CT molecular complexity index is 657. The molecule has 2 rings (SSSR count). The van der Waals surface area contributed by atoms with Crippen LogP contribution in [-0.4, -0.2) is 19.1 Å². The van der Waals surface area contributed by atoms with Gasteiger partial charge in [-0.15, -0.1) is 0 Å². The van der Waals surface area contributed by atoms with Crippen LogP contribution in [0.3, 0.4) is 0 Å². The molecule has 2 aromatic rings. The maximum atomic E-state index is 11.3. The maximum absolute atomic E-state index is 11.3. The molecule has 1 unspecified atom stereocenters. The van der Waals surface area contributed by atoms with Crippen molar-refractivity contribution < 1.29 is 19.1 Å². The second-order valence-electron chi connectivity index (χ2n) is 4.60. The average Bonchev–Trinajstić information content (AvgIpc) is 2.54. The first-order valence-corrected chi connectivity index (χ1v) is 6.68. The molecular formula is C16H17NO5. The molecule has 116 valence electrons. The lowest BCUT2D eigenvalue weighted by Crippen LogP contribution is -2.07. The van der Waals surface area contributed by atoms with Crippen LogP contribution in [0.25, 0.3) is 0 Å². The topological polar surface area (TPSA) is 70.8 Å². The maximum Gasteiger partial charge on any atom is 0.280 e. The molecule has 0 spiro atoms. The molecule has 0 bridgehead atoms. The summed E-state index contributed by atoms with van der Waals surface area (Å²) in [4.78, 5) is 10.8. The first kappa shape index (κ1) is 15.6. The number of rotatable bonds is 6. The summed E-state index contributed by atoms with van der Waals surface area (Å²) in [5.74, 6) is 1.37. The van der Waals surface area contributed by atoms with Crippen molar-refractivity contribution >= 4 is 5.69 Å². The monoisotopic (exact) mass is 303 g/mol. The van der Waals surface area contributed by atoms with E-state index in [0.717, 1.165) is 0 Å². The van der Waals surface area contributed by atoms with E-state index in [4.69, 9.17) is 14.2 Å². The number of methoxy groups -OCH3 is 2. The highest BCUT2D eigenvalue weighted by Crippen LogP contribution is 2.38. The van der Waals surface area contributed by atoms with E-state index in [9.17, 15) is 10.1 Å². The van der Waals surface area contributed by atoms with Crippen molar-refractivity contribution in [2.24, 2.45) is 0 Å². The summed E-state index contributed by atoms with van der Waals surface area (Å²) >= 11 is 0. The fourth-order valence-corrected chi connectivity index (χ4v) is 2.13. The fraction of sp³-hybridized carbons (Fsp3) is 0.250. The van der Waals surface area contributed by atoms with Crippen molar-refractivity contribution in [1.29, 1.82) is 0 Å². The van der Waals surface area contributed by atoms with Gasteiger partial charge in [-0.25, -0.2) is 0 Å². The van der Waals surface area contributed by atoms with Gasteiger partial charge in [0.25, 0.3) is 5.69 Å². The third kappa shape index (κ3) is 3.28. The summed E-state index contributed by atoms with van der Waals surface area (Å²) in [5, 5.41) is 11.3. The third-order valence-electron chi connectivity index (χ3n) is 3.22. The summed E-state index contributed by atoms with van der Waals surface area (Å²) in [6.45, 7) is 1.75. The molecule has 0 aliphatic rings. The molecule has 0 radical (unpaired) electrons. The van der Waals surface area contributed by atoms with E-state index in [-0.39, 0.29) is 5.69 Å². The van der Waals surface area contributed by atoms with Gasteiger partial charge in [-0.3, -0.25) is 10.1 Å². The highest BCUT2D eigenvalue weighted by molar-refractivity contribution is 5.55. The predicted octanol–water partition coefficient (Wildman–Crippen LogP) is 3.75. The van der Waals surface area contributed by atoms with E-state index >= 15 is 0 Å². The number of hydrogen-bond acceptors (Lipinski definition) is 5. The van der Waals surface area contributed by atoms with Crippen molar-refractivity contribution in [3.05, 3.63) is 58.1 Å². The van der Waals surface area contributed by atoms with Gasteiger partial charge in [-0.2, -0.15) is 0 Å². The SMILES string of the molecule is COc1cc(C(C)Oc2ccccc2)c([N+](=O)[O-])cc1OC. The minimum Gasteiger partial charge on any atom is -0.493 e. The van der Waals surface area contributed by atoms with Crippen molar-refractivity contribution in [2.75, 3.05) is 14.2 Å². The largest absolute Gasteiger partial charge is 0.493 e. The molecule has 0 saturated carbocycles. The van der Waals surface area contributed by atoms with Crippen LogP contribution >= 0.6 is 0 Å². The number of hydrogen-bond donors (Lipinski definition) is 0. The normalized spacial score (nSPS) is 11.6. The zero-order valence-corrected chi connectivity index (χ0v) is 12.6. The molecule has 1 atom stereocenters. The van der Waals surface area contributed by atoms with E-state index in [1.54, 1.807) is 25.1 Å². The molecule has 0 saturated heterocycles. The standard InChI is InChI=1S/C16H17NO5/c1-11(22-12-7-5-4-6-8-12)13-9-15(20-2)16(21-3)10-14(13)17(18)19/h4-11H,1-3H3. The van der Waals surface area contributed by atoms with Gasteiger partial charge in [-0.05, 0) is 25.1 Å². The number of nitro benzene ring substituents is 1. The quantitative estimate of drug-likeness (QED) is 0.600. The molecule has 0 aromatic heterocycles. The molecule has 0 fully saturated rings. The lowest BCUT2D eigenvalue weighted by Gasteiger charge is -2.17. The molecule has 0 amide bonds. The Morgan fingerprint density at radius 1 is 1.05 bits per heavy atom. The van der Waals surface area contributed by atoms with Gasteiger partial charge in [0.2, 0.25) is 0 Å². The summed E-state index contributed by atoms with van der Waals surface area (Å²) in [6.07, 6.45) is -0.511. The van der Waals surface area contributed by atoms with Crippen LogP contribution in [0.5, 0.6) is 17.2 Å². The summed E-state index contributed by atoms with van der Waals surface area (Å²) in [7, 11) is 2.92. The minimum absolute atomic E-state index is 0.0684. The van der Waals surface area contributed by atoms with Crippen molar-refractivity contribution in [3.8, 4) is 17.2 Å². The van der Waals surface area contributed by atoms with E-state index in [0.29, 0.717) is 22.8 Å². The van der Waals surface area contributed by atoms with Gasteiger partial charge in [0.05, 0.1) is 30.8 Å². The first-order valence-electron chi connectivity index (χ1n) is 6.68. The predicted molar refractivity (Wildman–Crippen MR) is 81.7 cm³/mol. The Balaban J connectivity index is 2.41. The third-order valence-corrected chi connectivity index (χ3v) is 3.22. The summed E-state index contributed by atoms with van der Waals surface area (Å²) in [5.41, 5.74) is 0.354. The van der Waals surface area contributed by atoms with E-state index in [1.807, 2.05) is 18.2 Å². The Morgan fingerprint density at radius 2 is 1.64 bits per heavy atom. The lowest BCUT2D eigenvalue weighted by atomic mass is 10.1. The van der Waals surface area contributed by atoms with Gasteiger partial charge in [0.15, 0.2) is 11.5 Å².